The first-order chi connectivity index (χ1) is 20.3. The lowest BCUT2D eigenvalue weighted by atomic mass is 9.39. The lowest BCUT2D eigenvalue weighted by Gasteiger charge is -2.66. The van der Waals surface area contributed by atoms with E-state index < -0.39 is 75.6 Å². The Balaban J connectivity index is 1.57. The van der Waals surface area contributed by atoms with E-state index in [9.17, 15) is 48.0 Å². The van der Waals surface area contributed by atoms with Gasteiger partial charge < -0.3 is 26.2 Å². The monoisotopic (exact) mass is 617 g/mol. The molecule has 0 radical (unpaired) electrons. The van der Waals surface area contributed by atoms with Crippen molar-refractivity contribution in [2.24, 2.45) is 40.2 Å². The van der Waals surface area contributed by atoms with Crippen LogP contribution in [-0.4, -0.2) is 55.7 Å². The van der Waals surface area contributed by atoms with Crippen molar-refractivity contribution in [3.05, 3.63) is 64.2 Å². The molecule has 11 heteroatoms. The average Bonchev–Trinajstić information content (AvgIpc) is 2.89. The molecular weight excluding hydrogens is 579 g/mol. The van der Waals surface area contributed by atoms with E-state index in [0.717, 1.165) is 12.1 Å². The van der Waals surface area contributed by atoms with Gasteiger partial charge in [-0.05, 0) is 77.8 Å². The third kappa shape index (κ3) is 4.49. The van der Waals surface area contributed by atoms with E-state index in [4.69, 9.17) is 5.73 Å². The zero-order valence-electron chi connectivity index (χ0n) is 25.0. The van der Waals surface area contributed by atoms with Crippen LogP contribution in [-0.2, 0) is 35.0 Å². The molecule has 0 heterocycles. The van der Waals surface area contributed by atoms with Crippen LogP contribution >= 0.6 is 0 Å². The number of fused-ring (bicyclic) bond motifs is 3. The van der Waals surface area contributed by atoms with Gasteiger partial charge in [-0.25, -0.2) is 0 Å². The van der Waals surface area contributed by atoms with Gasteiger partial charge in [0.05, 0.1) is 23.1 Å². The van der Waals surface area contributed by atoms with Crippen molar-refractivity contribution in [3.63, 3.8) is 0 Å². The first-order valence-electron chi connectivity index (χ1n) is 14.8. The Bertz CT molecular complexity index is 1520. The van der Waals surface area contributed by atoms with E-state index in [1.807, 2.05) is 0 Å². The second-order valence-electron chi connectivity index (χ2n) is 13.8. The number of amides is 1. The van der Waals surface area contributed by atoms with Crippen LogP contribution in [0.15, 0.2) is 36.4 Å². The molecule has 3 aliphatic rings. The number of carbonyl (C=O) groups excluding carboxylic acids is 3. The molecule has 3 aliphatic carbocycles. The number of phenols is 1. The van der Waals surface area contributed by atoms with Gasteiger partial charge in [-0.2, -0.15) is 13.2 Å². The van der Waals surface area contributed by atoms with E-state index in [1.165, 1.54) is 18.2 Å². The summed E-state index contributed by atoms with van der Waals surface area (Å²) < 4.78 is 39.0. The number of Topliss-reactive ketones (excluding diaryl/α,β-unsaturated/α-hetero) is 2. The van der Waals surface area contributed by atoms with Gasteiger partial charge in [0.15, 0.2) is 17.2 Å². The number of phenolic OH excluding ortho intramolecular Hbond substituents is 1. The van der Waals surface area contributed by atoms with Crippen LogP contribution in [0.5, 0.6) is 5.75 Å². The molecule has 0 aliphatic heterocycles. The average molecular weight is 618 g/mol. The third-order valence-corrected chi connectivity index (χ3v) is 10.7. The molecule has 0 bridgehead atoms. The molecule has 8 atom stereocenters. The molecule has 2 fully saturated rings. The summed E-state index contributed by atoms with van der Waals surface area (Å²) in [5.41, 5.74) is 1.46. The lowest BCUT2D eigenvalue weighted by molar-refractivity contribution is -0.265. The fourth-order valence-electron chi connectivity index (χ4n) is 8.97. The summed E-state index contributed by atoms with van der Waals surface area (Å²) in [6.07, 6.45) is -7.05. The number of halogens is 3. The molecule has 0 saturated heterocycles. The van der Waals surface area contributed by atoms with Crippen LogP contribution in [0.25, 0.3) is 0 Å². The maximum absolute atomic E-state index is 14.2. The summed E-state index contributed by atoms with van der Waals surface area (Å²) in [4.78, 5) is 40.3. The van der Waals surface area contributed by atoms with Gasteiger partial charge in [-0.3, -0.25) is 14.4 Å². The Morgan fingerprint density at radius 3 is 2.20 bits per heavy atom. The molecular formula is C33H38F3NO7. The lowest BCUT2D eigenvalue weighted by Crippen LogP contribution is -2.79. The van der Waals surface area contributed by atoms with Gasteiger partial charge in [0.1, 0.15) is 17.8 Å². The molecule has 2 aromatic rings. The highest BCUT2D eigenvalue weighted by atomic mass is 19.4. The highest BCUT2D eigenvalue weighted by Crippen LogP contribution is 2.65. The first-order valence-corrected chi connectivity index (χ1v) is 14.8. The molecule has 8 nitrogen and oxygen atoms in total. The van der Waals surface area contributed by atoms with Crippen LogP contribution < -0.4 is 5.73 Å². The Hall–Kier alpha value is -3.28. The summed E-state index contributed by atoms with van der Waals surface area (Å²) in [5.74, 6) is -7.59. The summed E-state index contributed by atoms with van der Waals surface area (Å²) in [6.45, 7) is 6.90. The predicted octanol–water partition coefficient (Wildman–Crippen LogP) is 3.38. The van der Waals surface area contributed by atoms with E-state index in [1.54, 1.807) is 33.8 Å². The van der Waals surface area contributed by atoms with Crippen molar-refractivity contribution in [3.8, 4) is 5.75 Å². The Morgan fingerprint density at radius 1 is 1.05 bits per heavy atom. The number of rotatable bonds is 5. The van der Waals surface area contributed by atoms with E-state index >= 15 is 0 Å². The number of hydrogen-bond donors (Lipinski definition) is 5. The SMILES string of the molecule is CC(C)[C@H]1C(O)[C@@H](C(N)=O)C(=O)[C@]2(O)C(O)[C@H]3C(=O)c4c(O)ccc(CCc5ccc(C(F)(F)F)cc5)c4C[C@]3(C)C[C@]12C. The summed E-state index contributed by atoms with van der Waals surface area (Å²) in [7, 11) is 0. The van der Waals surface area contributed by atoms with Gasteiger partial charge >= 0.3 is 6.18 Å². The van der Waals surface area contributed by atoms with E-state index in [2.05, 4.69) is 0 Å². The van der Waals surface area contributed by atoms with Crippen molar-refractivity contribution in [2.45, 2.75) is 77.4 Å². The zero-order chi connectivity index (χ0) is 32.7. The number of benzene rings is 2. The molecule has 1 amide bonds. The number of hydrogen-bond acceptors (Lipinski definition) is 7. The van der Waals surface area contributed by atoms with Crippen molar-refractivity contribution in [1.29, 1.82) is 0 Å². The largest absolute Gasteiger partial charge is 0.507 e. The highest BCUT2D eigenvalue weighted by molar-refractivity contribution is 6.09. The maximum atomic E-state index is 14.2. The van der Waals surface area contributed by atoms with Crippen LogP contribution in [0, 0.1) is 34.5 Å². The topological polar surface area (TPSA) is 158 Å². The predicted molar refractivity (Wildman–Crippen MR) is 152 cm³/mol. The molecule has 6 N–H and O–H groups in total. The number of primary amides is 1. The molecule has 2 unspecified atom stereocenters. The summed E-state index contributed by atoms with van der Waals surface area (Å²) in [6, 6.07) is 7.82. The second-order valence-corrected chi connectivity index (χ2v) is 13.8. The quantitative estimate of drug-likeness (QED) is 0.322. The van der Waals surface area contributed by atoms with E-state index in [0.29, 0.717) is 29.5 Å². The number of ketones is 2. The van der Waals surface area contributed by atoms with Crippen molar-refractivity contribution < 1.29 is 48.0 Å². The number of aromatic hydroxyl groups is 1. The minimum Gasteiger partial charge on any atom is -0.507 e. The maximum Gasteiger partial charge on any atom is 0.416 e. The molecule has 0 spiro atoms. The normalized spacial score (nSPS) is 35.2. The van der Waals surface area contributed by atoms with Gasteiger partial charge in [-0.15, -0.1) is 0 Å². The fourth-order valence-corrected chi connectivity index (χ4v) is 8.97. The van der Waals surface area contributed by atoms with Crippen molar-refractivity contribution >= 4 is 17.5 Å². The minimum absolute atomic E-state index is 0.0224. The van der Waals surface area contributed by atoms with Crippen molar-refractivity contribution in [2.75, 3.05) is 0 Å². The zero-order valence-corrected chi connectivity index (χ0v) is 25.0. The second kappa shape index (κ2) is 10.4. The standard InChI is InChI=1S/C33H38F3NO7/c1-15(2)23-26(40)22(29(37)43)27(41)32(44)28(42)24-25(39)21-19(13-30(24,3)14-31(23,32)4)17(9-12-20(21)38)8-5-16-6-10-18(11-7-16)33(34,35)36/h6-7,9-12,15,22-24,26,28,38,40,42,44H,5,8,13-14H2,1-4H3,(H2,37,43)/t22-,23+,24-,26?,28?,30-,31-,32+/m1/s1. The minimum atomic E-state index is -4.46. The molecule has 5 rings (SSSR count). The Labute approximate surface area is 253 Å². The smallest absolute Gasteiger partial charge is 0.416 e. The fraction of sp³-hybridized carbons (Fsp3) is 0.545. The van der Waals surface area contributed by atoms with Crippen LogP contribution in [0.3, 0.4) is 0 Å². The van der Waals surface area contributed by atoms with Gasteiger partial charge in [0.25, 0.3) is 0 Å². The van der Waals surface area contributed by atoms with Gasteiger partial charge in [0.2, 0.25) is 5.91 Å². The number of aryl methyl sites for hydroxylation is 2. The summed E-state index contributed by atoms with van der Waals surface area (Å²) in [5, 5.41) is 46.1. The molecule has 2 aromatic carbocycles. The number of carbonyl (C=O) groups is 3. The molecule has 238 valence electrons. The van der Waals surface area contributed by atoms with Crippen LogP contribution in [0.1, 0.15) is 66.7 Å². The highest BCUT2D eigenvalue weighted by Gasteiger charge is 2.75. The Morgan fingerprint density at radius 2 is 1.66 bits per heavy atom. The summed E-state index contributed by atoms with van der Waals surface area (Å²) >= 11 is 0. The number of nitrogens with two attached hydrogens (primary N) is 1. The number of aliphatic hydroxyl groups excluding tert-OH is 2. The number of alkyl halides is 3. The number of aliphatic hydroxyl groups is 3. The van der Waals surface area contributed by atoms with Gasteiger partial charge in [-0.1, -0.05) is 45.9 Å². The first kappa shape index (κ1) is 32.1. The third-order valence-electron chi connectivity index (χ3n) is 10.7. The molecule has 44 heavy (non-hydrogen) atoms. The van der Waals surface area contributed by atoms with Crippen LogP contribution in [0.2, 0.25) is 0 Å². The Kier molecular flexibility index (Phi) is 7.58. The van der Waals surface area contributed by atoms with Gasteiger partial charge in [0, 0.05) is 5.41 Å². The van der Waals surface area contributed by atoms with Crippen molar-refractivity contribution in [1.82, 2.24) is 0 Å². The van der Waals surface area contributed by atoms with Crippen LogP contribution in [0.4, 0.5) is 13.2 Å². The van der Waals surface area contributed by atoms with E-state index in [-0.39, 0.29) is 30.1 Å². The molecule has 0 aromatic heterocycles. The molecule has 2 saturated carbocycles.